The second-order valence-electron chi connectivity index (χ2n) is 4.19. The molecule has 0 fully saturated rings. The molecule has 18 heavy (non-hydrogen) atoms. The standard InChI is InChI=1S/C10H15.CH2O2.2CH3O.Ti/c1-7-6-10(4,5)9(3)8(7)2;2-1-3;2*1-2;/h1-5H3;1H,(H,2,3);2*1H3;/q;;2*-1;+3/p-1. The smallest absolute Gasteiger partial charge is 0.153 e. The number of rotatable bonds is 3. The summed E-state index contributed by atoms with van der Waals surface area (Å²) in [5, 5.41) is 16.5. The molecule has 1 rings (SSSR count). The quantitative estimate of drug-likeness (QED) is 0.568. The van der Waals surface area contributed by atoms with Crippen LogP contribution in [0.4, 0.5) is 0 Å². The molecular weight excluding hydrogens is 268 g/mol. The van der Waals surface area contributed by atoms with Gasteiger partial charge in [0.25, 0.3) is 0 Å². The van der Waals surface area contributed by atoms with E-state index in [1.165, 1.54) is 20.6 Å². The van der Waals surface area contributed by atoms with Crippen molar-refractivity contribution in [3.63, 3.8) is 0 Å². The second-order valence-corrected chi connectivity index (χ2v) is 5.66. The summed E-state index contributed by atoms with van der Waals surface area (Å²) in [5.74, 6) is 0. The van der Waals surface area contributed by atoms with Gasteiger partial charge in [-0.1, -0.05) is 0 Å². The Hall–Kier alpha value is -0.416. The third kappa shape index (κ3) is 4.36. The normalized spacial score (nSPS) is 16.1. The van der Waals surface area contributed by atoms with Crippen LogP contribution in [0, 0.1) is 5.41 Å². The Morgan fingerprint density at radius 1 is 1.06 bits per heavy atom. The van der Waals surface area contributed by atoms with Gasteiger partial charge in [-0.15, -0.1) is 0 Å². The van der Waals surface area contributed by atoms with Crippen LogP contribution in [0.5, 0.6) is 0 Å². The van der Waals surface area contributed by atoms with Crippen molar-refractivity contribution < 1.29 is 37.9 Å². The van der Waals surface area contributed by atoms with E-state index in [1.807, 2.05) is 0 Å². The molecule has 0 aromatic rings. The van der Waals surface area contributed by atoms with Gasteiger partial charge in [-0.2, -0.15) is 14.2 Å². The average Bonchev–Trinajstić information content (AvgIpc) is 2.54. The summed E-state index contributed by atoms with van der Waals surface area (Å²) in [4.78, 5) is 10.2. The van der Waals surface area contributed by atoms with Crippen LogP contribution < -0.4 is 10.2 Å². The van der Waals surface area contributed by atoms with Crippen molar-refractivity contribution in [1.82, 2.24) is 0 Å². The molecule has 0 bridgehead atoms. The minimum absolute atomic E-state index is 0.0944. The first-order chi connectivity index (χ1) is 8.42. The van der Waals surface area contributed by atoms with E-state index in [9.17, 15) is 4.79 Å². The van der Waals surface area contributed by atoms with Crippen molar-refractivity contribution in [2.75, 3.05) is 14.2 Å². The maximum atomic E-state index is 10.2. The second kappa shape index (κ2) is 9.51. The summed E-state index contributed by atoms with van der Waals surface area (Å²) in [6.07, 6.45) is 0. The molecule has 4 nitrogen and oxygen atoms in total. The molecule has 0 aromatic heterocycles. The molecule has 0 aliphatic heterocycles. The molecule has 0 N–H and O–H groups in total. The number of allylic oxidation sites excluding steroid dienone is 4. The fourth-order valence-electron chi connectivity index (χ4n) is 1.88. The first-order valence-electron chi connectivity index (χ1n) is 5.49. The van der Waals surface area contributed by atoms with E-state index in [4.69, 9.17) is 13.5 Å². The van der Waals surface area contributed by atoms with Crippen LogP contribution in [0.3, 0.4) is 0 Å². The van der Waals surface area contributed by atoms with E-state index in [1.54, 1.807) is 0 Å². The maximum absolute atomic E-state index is 10.2. The van der Waals surface area contributed by atoms with Gasteiger partial charge in [0, 0.05) is 0 Å². The molecule has 0 saturated carbocycles. The number of hydrogen-bond acceptors (Lipinski definition) is 4. The summed E-state index contributed by atoms with van der Waals surface area (Å²) in [5.41, 5.74) is 4.19. The summed E-state index contributed by atoms with van der Waals surface area (Å²) < 4.78 is 6.33. The third-order valence-electron chi connectivity index (χ3n) is 3.27. The fourth-order valence-corrected chi connectivity index (χ4v) is 3.36. The third-order valence-corrected chi connectivity index (χ3v) is 5.49. The molecule has 1 aliphatic rings. The van der Waals surface area contributed by atoms with Gasteiger partial charge in [0.1, 0.15) is 0 Å². The van der Waals surface area contributed by atoms with Crippen LogP contribution in [0.1, 0.15) is 34.6 Å². The molecular formula is C13H22O4Ti. The van der Waals surface area contributed by atoms with Crippen molar-refractivity contribution in [2.24, 2.45) is 5.41 Å². The minimum Gasteiger partial charge on any atom is -0.857 e. The van der Waals surface area contributed by atoms with Crippen molar-refractivity contribution in [3.05, 3.63) is 20.6 Å². The average molecular weight is 290 g/mol. The first kappa shape index (κ1) is 19.9. The zero-order valence-corrected chi connectivity index (χ0v) is 13.8. The first-order valence-corrected chi connectivity index (χ1v) is 6.91. The Bertz CT molecular complexity index is 330. The molecule has 0 spiro atoms. The number of hydrogen-bond donors (Lipinski definition) is 0. The molecule has 0 atom stereocenters. The molecule has 0 amide bonds. The fraction of sp³-hybridized carbons (Fsp3) is 0.615. The Labute approximate surface area is 119 Å². The zero-order chi connectivity index (χ0) is 14.9. The van der Waals surface area contributed by atoms with Gasteiger partial charge in [-0.3, -0.25) is 0 Å². The van der Waals surface area contributed by atoms with Gasteiger partial charge >= 0.3 is 94.8 Å². The van der Waals surface area contributed by atoms with Gasteiger partial charge in [0.2, 0.25) is 0 Å². The van der Waals surface area contributed by atoms with Gasteiger partial charge in [-0.05, 0) is 0 Å². The Balaban J connectivity index is 0. The van der Waals surface area contributed by atoms with E-state index < -0.39 is 19.5 Å². The van der Waals surface area contributed by atoms with Crippen LogP contribution >= 0.6 is 0 Å². The molecule has 0 heterocycles. The molecule has 102 valence electrons. The van der Waals surface area contributed by atoms with E-state index in [-0.39, 0.29) is 5.41 Å². The van der Waals surface area contributed by atoms with Gasteiger partial charge < -0.3 is 10.2 Å². The Morgan fingerprint density at radius 2 is 1.50 bits per heavy atom. The summed E-state index contributed by atoms with van der Waals surface area (Å²) >= 11 is -0.730. The summed E-state index contributed by atoms with van der Waals surface area (Å²) in [7, 11) is 1.50. The molecule has 0 unspecified atom stereocenters. The van der Waals surface area contributed by atoms with Crippen molar-refractivity contribution in [3.8, 4) is 0 Å². The largest absolute Gasteiger partial charge is 0.857 e. The van der Waals surface area contributed by atoms with Gasteiger partial charge in [-0.25, -0.2) is 0 Å². The molecule has 5 heteroatoms. The van der Waals surface area contributed by atoms with Crippen LogP contribution in [-0.4, -0.2) is 20.7 Å². The maximum Gasteiger partial charge on any atom is -0.153 e. The van der Waals surface area contributed by atoms with Crippen LogP contribution in [0.25, 0.3) is 0 Å². The van der Waals surface area contributed by atoms with Crippen molar-refractivity contribution >= 4 is 6.47 Å². The Kier molecular flexibility index (Phi) is 10.5. The minimum atomic E-state index is -0.730. The topological polar surface area (TPSA) is 72.4 Å². The van der Waals surface area contributed by atoms with E-state index >= 15 is 0 Å². The van der Waals surface area contributed by atoms with Crippen molar-refractivity contribution in [2.45, 2.75) is 34.6 Å². The van der Waals surface area contributed by atoms with E-state index in [0.717, 1.165) is 14.2 Å². The van der Waals surface area contributed by atoms with Crippen molar-refractivity contribution in [1.29, 1.82) is 0 Å². The van der Waals surface area contributed by atoms with Crippen LogP contribution in [-0.2, 0) is 27.7 Å². The summed E-state index contributed by atoms with van der Waals surface area (Å²) in [6.45, 7) is 11.4. The SMILES string of the molecule is CC1=C(C)C(C)(C)[C]([Ti+2][O]C=O)=C1C.C[O-].C[O-]. The molecule has 0 saturated heterocycles. The Morgan fingerprint density at radius 3 is 1.78 bits per heavy atom. The van der Waals surface area contributed by atoms with Crippen LogP contribution in [0.15, 0.2) is 20.6 Å². The molecule has 0 radical (unpaired) electrons. The predicted molar refractivity (Wildman–Crippen MR) is 63.9 cm³/mol. The van der Waals surface area contributed by atoms with Gasteiger partial charge in [0.05, 0.1) is 0 Å². The predicted octanol–water partition coefficient (Wildman–Crippen LogP) is 0.760. The summed E-state index contributed by atoms with van der Waals surface area (Å²) in [6, 6.07) is 0. The van der Waals surface area contributed by atoms with Gasteiger partial charge in [0.15, 0.2) is 0 Å². The molecule has 1 aliphatic carbocycles. The number of carbonyl (C=O) groups is 1. The van der Waals surface area contributed by atoms with E-state index in [2.05, 4.69) is 34.6 Å². The van der Waals surface area contributed by atoms with Crippen LogP contribution in [0.2, 0.25) is 0 Å². The monoisotopic (exact) mass is 290 g/mol. The molecule has 0 aromatic carbocycles. The number of carbonyl (C=O) groups excluding carboxylic acids is 1. The van der Waals surface area contributed by atoms with E-state index in [0.29, 0.717) is 6.47 Å². The zero-order valence-electron chi connectivity index (χ0n) is 12.2.